The zero-order valence-electron chi connectivity index (χ0n) is 15.2. The van der Waals surface area contributed by atoms with Crippen molar-refractivity contribution in [1.29, 1.82) is 0 Å². The molecule has 8 heteroatoms. The van der Waals surface area contributed by atoms with Crippen LogP contribution in [-0.2, 0) is 9.84 Å². The molecule has 5 nitrogen and oxygen atoms in total. The Hall–Kier alpha value is -2.93. The highest BCUT2D eigenvalue weighted by Crippen LogP contribution is 2.34. The minimum absolute atomic E-state index is 0.0622. The Morgan fingerprint density at radius 3 is 1.97 bits per heavy atom. The van der Waals surface area contributed by atoms with Crippen LogP contribution in [0.15, 0.2) is 93.4 Å². The number of carbonyl (C=O) groups excluding carboxylic acids is 1. The van der Waals surface area contributed by atoms with Crippen molar-refractivity contribution in [2.24, 2.45) is 0 Å². The number of benzene rings is 3. The second-order valence-corrected chi connectivity index (χ2v) is 9.07. The summed E-state index contributed by atoms with van der Waals surface area (Å²) in [4.78, 5) is 13.2. The highest BCUT2D eigenvalue weighted by atomic mass is 35.5. The van der Waals surface area contributed by atoms with E-state index in [1.54, 1.807) is 54.6 Å². The number of rotatable bonds is 5. The molecule has 4 rings (SSSR count). The summed E-state index contributed by atoms with van der Waals surface area (Å²) >= 11 is 11.8. The van der Waals surface area contributed by atoms with Crippen molar-refractivity contribution in [2.75, 3.05) is 0 Å². The zero-order valence-corrected chi connectivity index (χ0v) is 17.6. The lowest BCUT2D eigenvalue weighted by atomic mass is 10.0. The molecular formula is C22H13Cl2NO4S. The van der Waals surface area contributed by atoms with E-state index in [1.807, 2.05) is 0 Å². The Labute approximate surface area is 182 Å². The smallest absolute Gasteiger partial charge is 0.267 e. The van der Waals surface area contributed by atoms with Crippen molar-refractivity contribution < 1.29 is 17.7 Å². The van der Waals surface area contributed by atoms with E-state index in [9.17, 15) is 13.2 Å². The second kappa shape index (κ2) is 8.07. The normalized spacial score (nSPS) is 11.4. The molecule has 0 saturated carbocycles. The van der Waals surface area contributed by atoms with Gasteiger partial charge in [-0.3, -0.25) is 4.79 Å². The first-order valence-corrected chi connectivity index (χ1v) is 11.0. The van der Waals surface area contributed by atoms with Gasteiger partial charge in [0.15, 0.2) is 5.78 Å². The van der Waals surface area contributed by atoms with Crippen molar-refractivity contribution >= 4 is 38.8 Å². The van der Waals surface area contributed by atoms with Gasteiger partial charge in [0.05, 0.1) is 4.90 Å². The predicted molar refractivity (Wildman–Crippen MR) is 114 cm³/mol. The highest BCUT2D eigenvalue weighted by molar-refractivity contribution is 7.91. The molecular weight excluding hydrogens is 445 g/mol. The first-order chi connectivity index (χ1) is 14.4. The third-order valence-electron chi connectivity index (χ3n) is 4.41. The average Bonchev–Trinajstić information content (AvgIpc) is 3.21. The van der Waals surface area contributed by atoms with E-state index in [1.165, 1.54) is 24.3 Å². The van der Waals surface area contributed by atoms with Crippen LogP contribution in [0.3, 0.4) is 0 Å². The molecule has 150 valence electrons. The van der Waals surface area contributed by atoms with E-state index in [0.717, 1.165) is 0 Å². The molecule has 0 unspecified atom stereocenters. The van der Waals surface area contributed by atoms with Gasteiger partial charge in [-0.25, -0.2) is 8.42 Å². The fourth-order valence-electron chi connectivity index (χ4n) is 2.92. The minimum atomic E-state index is -4.17. The second-order valence-electron chi connectivity index (χ2n) is 6.35. The molecule has 0 N–H and O–H groups in total. The molecule has 0 radical (unpaired) electrons. The number of sulfone groups is 1. The van der Waals surface area contributed by atoms with Crippen LogP contribution in [0.25, 0.3) is 11.3 Å². The van der Waals surface area contributed by atoms with Crippen LogP contribution in [0, 0.1) is 0 Å². The standard InChI is InChI=1S/C22H13Cl2NO4S/c23-16-8-6-14(7-9-16)20-19(21(26)15-4-2-1-3-5-15)22(29-25-20)30(27,28)18-12-10-17(24)11-13-18/h1-13H. The topological polar surface area (TPSA) is 77.2 Å². The number of aromatic nitrogens is 1. The maximum Gasteiger partial charge on any atom is 0.267 e. The first-order valence-electron chi connectivity index (χ1n) is 8.74. The van der Waals surface area contributed by atoms with Crippen LogP contribution in [-0.4, -0.2) is 19.4 Å². The van der Waals surface area contributed by atoms with Gasteiger partial charge >= 0.3 is 0 Å². The van der Waals surface area contributed by atoms with E-state index in [4.69, 9.17) is 27.7 Å². The van der Waals surface area contributed by atoms with Gasteiger partial charge in [0.25, 0.3) is 5.09 Å². The maximum atomic E-state index is 13.3. The fourth-order valence-corrected chi connectivity index (χ4v) is 4.47. The Kier molecular flexibility index (Phi) is 5.47. The van der Waals surface area contributed by atoms with Gasteiger partial charge < -0.3 is 4.52 Å². The maximum absolute atomic E-state index is 13.3. The molecule has 0 spiro atoms. The molecule has 3 aromatic carbocycles. The van der Waals surface area contributed by atoms with Crippen molar-refractivity contribution in [3.8, 4) is 11.3 Å². The fraction of sp³-hybridized carbons (Fsp3) is 0. The quantitative estimate of drug-likeness (QED) is 0.358. The van der Waals surface area contributed by atoms with Crippen LogP contribution >= 0.6 is 23.2 Å². The van der Waals surface area contributed by atoms with Gasteiger partial charge in [-0.2, -0.15) is 0 Å². The highest BCUT2D eigenvalue weighted by Gasteiger charge is 2.34. The molecule has 0 atom stereocenters. The van der Waals surface area contributed by atoms with Crippen LogP contribution in [0.1, 0.15) is 15.9 Å². The van der Waals surface area contributed by atoms with Crippen LogP contribution < -0.4 is 0 Å². The summed E-state index contributed by atoms with van der Waals surface area (Å²) in [6.45, 7) is 0. The molecule has 1 heterocycles. The van der Waals surface area contributed by atoms with Crippen LogP contribution in [0.2, 0.25) is 10.0 Å². The Bertz CT molecular complexity index is 1310. The van der Waals surface area contributed by atoms with Gasteiger partial charge in [0, 0.05) is 21.2 Å². The van der Waals surface area contributed by atoms with E-state index >= 15 is 0 Å². The van der Waals surface area contributed by atoms with Gasteiger partial charge in [-0.05, 0) is 36.4 Å². The third-order valence-corrected chi connectivity index (χ3v) is 6.57. The number of hydrogen-bond donors (Lipinski definition) is 0. The molecule has 0 amide bonds. The third kappa shape index (κ3) is 3.77. The average molecular weight is 458 g/mol. The van der Waals surface area contributed by atoms with Gasteiger partial charge in [0.2, 0.25) is 9.84 Å². The zero-order chi connectivity index (χ0) is 21.3. The number of nitrogens with zero attached hydrogens (tertiary/aromatic N) is 1. The molecule has 4 aromatic rings. The molecule has 0 fully saturated rings. The van der Waals surface area contributed by atoms with Crippen molar-refractivity contribution in [3.63, 3.8) is 0 Å². The number of ketones is 1. The molecule has 0 bridgehead atoms. The lowest BCUT2D eigenvalue weighted by Crippen LogP contribution is -2.10. The summed E-state index contributed by atoms with van der Waals surface area (Å²) in [6, 6.07) is 20.4. The summed E-state index contributed by atoms with van der Waals surface area (Å²) in [5, 5.41) is 4.28. The predicted octanol–water partition coefficient (Wildman–Crippen LogP) is 5.71. The lowest BCUT2D eigenvalue weighted by molar-refractivity contribution is 0.103. The summed E-state index contributed by atoms with van der Waals surface area (Å²) in [5.41, 5.74) is 0.787. The molecule has 1 aromatic heterocycles. The van der Waals surface area contributed by atoms with E-state index < -0.39 is 20.7 Å². The van der Waals surface area contributed by atoms with Crippen LogP contribution in [0.5, 0.6) is 0 Å². The van der Waals surface area contributed by atoms with E-state index in [2.05, 4.69) is 5.16 Å². The van der Waals surface area contributed by atoms with Gasteiger partial charge in [-0.1, -0.05) is 70.8 Å². The first kappa shape index (κ1) is 20.3. The summed E-state index contributed by atoms with van der Waals surface area (Å²) in [7, 11) is -4.17. The lowest BCUT2D eigenvalue weighted by Gasteiger charge is -2.06. The molecule has 0 aliphatic carbocycles. The Morgan fingerprint density at radius 1 is 0.800 bits per heavy atom. The van der Waals surface area contributed by atoms with Crippen LogP contribution in [0.4, 0.5) is 0 Å². The van der Waals surface area contributed by atoms with Gasteiger partial charge in [0.1, 0.15) is 11.3 Å². The summed E-state index contributed by atoms with van der Waals surface area (Å²) in [6.07, 6.45) is 0. The van der Waals surface area contributed by atoms with E-state index in [0.29, 0.717) is 21.2 Å². The monoisotopic (exact) mass is 457 g/mol. The van der Waals surface area contributed by atoms with Crippen molar-refractivity contribution in [2.45, 2.75) is 9.99 Å². The SMILES string of the molecule is O=C(c1ccccc1)c1c(-c2ccc(Cl)cc2)noc1S(=O)(=O)c1ccc(Cl)cc1. The van der Waals surface area contributed by atoms with Crippen molar-refractivity contribution in [3.05, 3.63) is 100 Å². The molecule has 0 aliphatic rings. The Morgan fingerprint density at radius 2 is 1.37 bits per heavy atom. The minimum Gasteiger partial charge on any atom is -0.343 e. The molecule has 30 heavy (non-hydrogen) atoms. The largest absolute Gasteiger partial charge is 0.343 e. The summed E-state index contributed by atoms with van der Waals surface area (Å²) < 4.78 is 31.7. The number of halogens is 2. The van der Waals surface area contributed by atoms with Crippen molar-refractivity contribution in [1.82, 2.24) is 5.16 Å². The number of hydrogen-bond acceptors (Lipinski definition) is 5. The molecule has 0 saturated heterocycles. The number of carbonyl (C=O) groups is 1. The van der Waals surface area contributed by atoms with E-state index in [-0.39, 0.29) is 16.2 Å². The van der Waals surface area contributed by atoms with Gasteiger partial charge in [-0.15, -0.1) is 0 Å². The Balaban J connectivity index is 1.94. The molecule has 0 aliphatic heterocycles. The summed E-state index contributed by atoms with van der Waals surface area (Å²) in [5.74, 6) is -0.519.